The van der Waals surface area contributed by atoms with Crippen LogP contribution in [0, 0.1) is 5.82 Å². The molecule has 0 aliphatic carbocycles. The molecule has 0 bridgehead atoms. The minimum Gasteiger partial charge on any atom is -0.497 e. The molecule has 0 spiro atoms. The SMILES string of the molecule is COc1ccc2[nH]cc(C3CCN(CC(=O)N4CCN(c5ccc(C(C)=O)cc5F)CC4)CC3)c2c1. The maximum absolute atomic E-state index is 14.5. The third-order valence-electron chi connectivity index (χ3n) is 7.63. The zero-order valence-corrected chi connectivity index (χ0v) is 20.9. The van der Waals surface area contributed by atoms with Gasteiger partial charge in [0.2, 0.25) is 5.91 Å². The van der Waals surface area contributed by atoms with Gasteiger partial charge in [0.1, 0.15) is 11.6 Å². The Balaban J connectivity index is 1.12. The van der Waals surface area contributed by atoms with E-state index < -0.39 is 0 Å². The number of anilines is 1. The maximum Gasteiger partial charge on any atom is 0.236 e. The van der Waals surface area contributed by atoms with Crippen molar-refractivity contribution >= 4 is 28.3 Å². The van der Waals surface area contributed by atoms with Gasteiger partial charge >= 0.3 is 0 Å². The van der Waals surface area contributed by atoms with Gasteiger partial charge in [0.25, 0.3) is 0 Å². The van der Waals surface area contributed by atoms with Gasteiger partial charge in [0, 0.05) is 48.8 Å². The van der Waals surface area contributed by atoms with Crippen molar-refractivity contribution in [3.05, 3.63) is 59.5 Å². The van der Waals surface area contributed by atoms with Crippen molar-refractivity contribution in [1.82, 2.24) is 14.8 Å². The number of piperidine rings is 1. The topological polar surface area (TPSA) is 68.9 Å². The van der Waals surface area contributed by atoms with Gasteiger partial charge in [-0.3, -0.25) is 14.5 Å². The lowest BCUT2D eigenvalue weighted by Crippen LogP contribution is -2.52. The fourth-order valence-electron chi connectivity index (χ4n) is 5.46. The molecule has 7 nitrogen and oxygen atoms in total. The Bertz CT molecular complexity index is 1260. The number of ether oxygens (including phenoxy) is 1. The van der Waals surface area contributed by atoms with E-state index in [9.17, 15) is 14.0 Å². The van der Waals surface area contributed by atoms with Crippen molar-refractivity contribution in [3.63, 3.8) is 0 Å². The molecule has 2 fully saturated rings. The number of carbonyl (C=O) groups is 2. The summed E-state index contributed by atoms with van der Waals surface area (Å²) in [5.74, 6) is 0.922. The number of rotatable bonds is 6. The van der Waals surface area contributed by atoms with E-state index in [0.29, 0.717) is 49.9 Å². The van der Waals surface area contributed by atoms with Crippen LogP contribution < -0.4 is 9.64 Å². The third-order valence-corrected chi connectivity index (χ3v) is 7.63. The summed E-state index contributed by atoms with van der Waals surface area (Å²) < 4.78 is 19.9. The number of benzene rings is 2. The molecule has 0 unspecified atom stereocenters. The third kappa shape index (κ3) is 4.95. The van der Waals surface area contributed by atoms with E-state index in [1.807, 2.05) is 15.9 Å². The van der Waals surface area contributed by atoms with E-state index in [1.165, 1.54) is 23.9 Å². The highest BCUT2D eigenvalue weighted by Gasteiger charge is 2.27. The first-order valence-electron chi connectivity index (χ1n) is 12.6. The summed E-state index contributed by atoms with van der Waals surface area (Å²) in [5.41, 5.74) is 3.31. The number of ketones is 1. The van der Waals surface area contributed by atoms with Gasteiger partial charge in [-0.25, -0.2) is 4.39 Å². The molecule has 8 heteroatoms. The van der Waals surface area contributed by atoms with Crippen LogP contribution in [0.4, 0.5) is 10.1 Å². The number of aromatic nitrogens is 1. The highest BCUT2D eigenvalue weighted by Crippen LogP contribution is 2.34. The van der Waals surface area contributed by atoms with Gasteiger partial charge in [-0.15, -0.1) is 0 Å². The Morgan fingerprint density at radius 3 is 2.44 bits per heavy atom. The number of H-pyrrole nitrogens is 1. The summed E-state index contributed by atoms with van der Waals surface area (Å²) in [6, 6.07) is 10.7. The molecule has 3 aromatic rings. The highest BCUT2D eigenvalue weighted by molar-refractivity contribution is 5.94. The lowest BCUT2D eigenvalue weighted by Gasteiger charge is -2.38. The second-order valence-electron chi connectivity index (χ2n) is 9.80. The smallest absolute Gasteiger partial charge is 0.236 e. The number of carbonyl (C=O) groups excluding carboxylic acids is 2. The zero-order chi connectivity index (χ0) is 25.2. The fraction of sp³-hybridized carbons (Fsp3) is 0.429. The van der Waals surface area contributed by atoms with Gasteiger partial charge < -0.3 is 19.5 Å². The van der Waals surface area contributed by atoms with Crippen LogP contribution in [0.3, 0.4) is 0 Å². The number of nitrogens with zero attached hydrogens (tertiary/aromatic N) is 3. The number of halogens is 1. The average Bonchev–Trinajstić information content (AvgIpc) is 3.32. The molecule has 0 atom stereocenters. The Kier molecular flexibility index (Phi) is 6.96. The second-order valence-corrected chi connectivity index (χ2v) is 9.80. The molecule has 2 aliphatic rings. The molecule has 2 aliphatic heterocycles. The van der Waals surface area contributed by atoms with Crippen molar-refractivity contribution in [1.29, 1.82) is 0 Å². The van der Waals surface area contributed by atoms with Crippen LogP contribution in [-0.4, -0.2) is 79.4 Å². The number of piperazine rings is 1. The molecule has 36 heavy (non-hydrogen) atoms. The summed E-state index contributed by atoms with van der Waals surface area (Å²) in [5, 5.41) is 1.22. The second kappa shape index (κ2) is 10.3. The molecule has 2 saturated heterocycles. The van der Waals surface area contributed by atoms with Crippen molar-refractivity contribution in [3.8, 4) is 5.75 Å². The van der Waals surface area contributed by atoms with Crippen LogP contribution in [0.1, 0.15) is 41.6 Å². The van der Waals surface area contributed by atoms with E-state index in [2.05, 4.69) is 28.2 Å². The largest absolute Gasteiger partial charge is 0.497 e. The van der Waals surface area contributed by atoms with Crippen LogP contribution in [0.2, 0.25) is 0 Å². The number of hydrogen-bond acceptors (Lipinski definition) is 5. The van der Waals surface area contributed by atoms with Gasteiger partial charge in [-0.2, -0.15) is 0 Å². The monoisotopic (exact) mass is 492 g/mol. The van der Waals surface area contributed by atoms with Crippen LogP contribution in [-0.2, 0) is 4.79 Å². The van der Waals surface area contributed by atoms with Gasteiger partial charge in [-0.05, 0) is 80.7 Å². The van der Waals surface area contributed by atoms with E-state index >= 15 is 0 Å². The van der Waals surface area contributed by atoms with Gasteiger partial charge in [-0.1, -0.05) is 0 Å². The first kappa shape index (κ1) is 24.3. The predicted molar refractivity (Wildman–Crippen MR) is 138 cm³/mol. The Morgan fingerprint density at radius 1 is 1.03 bits per heavy atom. The number of likely N-dealkylation sites (tertiary alicyclic amines) is 1. The van der Waals surface area contributed by atoms with E-state index in [1.54, 1.807) is 19.2 Å². The number of Topliss-reactive ketones (excluding diaryl/α,β-unsaturated/α-hetero) is 1. The van der Waals surface area contributed by atoms with Crippen molar-refractivity contribution in [2.24, 2.45) is 0 Å². The minimum atomic E-state index is -0.390. The number of hydrogen-bond donors (Lipinski definition) is 1. The van der Waals surface area contributed by atoms with E-state index in [-0.39, 0.29) is 17.5 Å². The fourth-order valence-corrected chi connectivity index (χ4v) is 5.46. The molecule has 5 rings (SSSR count). The quantitative estimate of drug-likeness (QED) is 0.526. The van der Waals surface area contributed by atoms with Crippen LogP contribution in [0.15, 0.2) is 42.6 Å². The number of methoxy groups -OCH3 is 1. The summed E-state index contributed by atoms with van der Waals surface area (Å²) in [6.07, 6.45) is 4.15. The lowest BCUT2D eigenvalue weighted by atomic mass is 9.89. The van der Waals surface area contributed by atoms with Crippen LogP contribution in [0.5, 0.6) is 5.75 Å². The molecular formula is C28H33FN4O3. The normalized spacial score (nSPS) is 17.5. The molecular weight excluding hydrogens is 459 g/mol. The standard InChI is InChI=1S/C28H33FN4O3/c1-19(34)21-3-6-27(25(29)15-21)32-11-13-33(14-12-32)28(35)18-31-9-7-20(8-10-31)24-17-30-26-5-4-22(36-2)16-23(24)26/h3-6,15-17,20,30H,7-14,18H2,1-2H3. The Hall–Kier alpha value is -3.39. The number of aromatic amines is 1. The molecule has 1 amide bonds. The van der Waals surface area contributed by atoms with Crippen LogP contribution in [0.25, 0.3) is 10.9 Å². The van der Waals surface area contributed by atoms with E-state index in [4.69, 9.17) is 4.74 Å². The molecule has 190 valence electrons. The number of amides is 1. The molecule has 3 heterocycles. The summed E-state index contributed by atoms with van der Waals surface area (Å²) in [7, 11) is 1.69. The average molecular weight is 493 g/mol. The first-order chi connectivity index (χ1) is 17.4. The molecule has 2 aromatic carbocycles. The number of fused-ring (bicyclic) bond motifs is 1. The summed E-state index contributed by atoms with van der Waals surface area (Å²) in [4.78, 5) is 33.9. The summed E-state index contributed by atoms with van der Waals surface area (Å²) >= 11 is 0. The molecule has 0 saturated carbocycles. The Labute approximate surface area is 210 Å². The van der Waals surface area contributed by atoms with Gasteiger partial charge in [0.05, 0.1) is 19.3 Å². The van der Waals surface area contributed by atoms with Crippen molar-refractivity contribution in [2.75, 3.05) is 57.8 Å². The molecule has 1 aromatic heterocycles. The Morgan fingerprint density at radius 2 is 1.78 bits per heavy atom. The van der Waals surface area contributed by atoms with Crippen molar-refractivity contribution in [2.45, 2.75) is 25.7 Å². The van der Waals surface area contributed by atoms with Gasteiger partial charge in [0.15, 0.2) is 5.78 Å². The first-order valence-corrected chi connectivity index (χ1v) is 12.6. The summed E-state index contributed by atoms with van der Waals surface area (Å²) in [6.45, 7) is 5.93. The zero-order valence-electron chi connectivity index (χ0n) is 20.9. The highest BCUT2D eigenvalue weighted by atomic mass is 19.1. The minimum absolute atomic E-state index is 0.136. The van der Waals surface area contributed by atoms with Crippen LogP contribution >= 0.6 is 0 Å². The maximum atomic E-state index is 14.5. The number of nitrogens with one attached hydrogen (secondary N) is 1. The molecule has 0 radical (unpaired) electrons. The van der Waals surface area contributed by atoms with Crippen molar-refractivity contribution < 1.29 is 18.7 Å². The van der Waals surface area contributed by atoms with E-state index in [0.717, 1.165) is 37.2 Å². The predicted octanol–water partition coefficient (Wildman–Crippen LogP) is 4.05. The lowest BCUT2D eigenvalue weighted by molar-refractivity contribution is -0.133. The molecule has 1 N–H and O–H groups in total.